The summed E-state index contributed by atoms with van der Waals surface area (Å²) >= 11 is 0. The fraction of sp³-hybridized carbons (Fsp3) is 0.698. The molecule has 1 heterocycles. The molecule has 1 aliphatic rings. The van der Waals surface area contributed by atoms with Crippen LogP contribution in [-0.4, -0.2) is 4.70 Å². The standard InChI is InChI=1S/C53H86N2/c1-7-12-17-19-21-23-25-27-31-35-47-39-48(36-32-28-26-24-22-20-18-13-8-2)43-50(42-47)53-51(37-16-11-5)44(6)52(55(53)54)49-40-45(33-29-14-9-3)38-46(41-49)34-30-15-10-4/h38-43H,7-37H2,1-6H3. The number of benzene rings is 2. The van der Waals surface area contributed by atoms with Gasteiger partial charge < -0.3 is 5.53 Å². The summed E-state index contributed by atoms with van der Waals surface area (Å²) in [6, 6.07) is 14.7. The first-order valence-electron chi connectivity index (χ1n) is 24.2. The van der Waals surface area contributed by atoms with E-state index in [1.54, 1.807) is 4.70 Å². The van der Waals surface area contributed by atoms with Crippen LogP contribution in [0.2, 0.25) is 0 Å². The van der Waals surface area contributed by atoms with Gasteiger partial charge >= 0.3 is 0 Å². The lowest BCUT2D eigenvalue weighted by atomic mass is 9.92. The maximum absolute atomic E-state index is 12.4. The van der Waals surface area contributed by atoms with Crippen LogP contribution in [-0.2, 0) is 25.7 Å². The van der Waals surface area contributed by atoms with Gasteiger partial charge in [0.15, 0.2) is 0 Å². The zero-order chi connectivity index (χ0) is 39.5. The zero-order valence-electron chi connectivity index (χ0n) is 37.3. The molecule has 55 heavy (non-hydrogen) atoms. The molecular weight excluding hydrogens is 665 g/mol. The molecule has 3 rings (SSSR count). The molecule has 0 atom stereocenters. The monoisotopic (exact) mass is 751 g/mol. The first-order valence-corrected chi connectivity index (χ1v) is 24.2. The molecule has 0 aliphatic carbocycles. The van der Waals surface area contributed by atoms with Crippen LogP contribution in [0.5, 0.6) is 0 Å². The lowest BCUT2D eigenvalue weighted by molar-refractivity contribution is -0.345. The molecule has 0 amide bonds. The van der Waals surface area contributed by atoms with Crippen molar-refractivity contribution in [1.29, 1.82) is 0 Å². The molecule has 0 spiro atoms. The van der Waals surface area contributed by atoms with E-state index in [0.717, 1.165) is 56.3 Å². The van der Waals surface area contributed by atoms with Crippen molar-refractivity contribution in [2.75, 3.05) is 0 Å². The second-order valence-electron chi connectivity index (χ2n) is 17.4. The van der Waals surface area contributed by atoms with Crippen molar-refractivity contribution in [3.8, 4) is 0 Å². The number of hydrogen-bond donors (Lipinski definition) is 0. The van der Waals surface area contributed by atoms with Crippen molar-refractivity contribution in [3.05, 3.63) is 86.5 Å². The van der Waals surface area contributed by atoms with Gasteiger partial charge in [-0.2, -0.15) is 0 Å². The predicted molar refractivity (Wildman–Crippen MR) is 244 cm³/mol. The zero-order valence-corrected chi connectivity index (χ0v) is 37.3. The van der Waals surface area contributed by atoms with Gasteiger partial charge in [-0.15, -0.1) is 0 Å². The van der Waals surface area contributed by atoms with Crippen LogP contribution < -0.4 is 0 Å². The fourth-order valence-electron chi connectivity index (χ4n) is 8.83. The number of unbranched alkanes of at least 4 members (excludes halogenated alkanes) is 21. The first kappa shape index (κ1) is 46.9. The van der Waals surface area contributed by atoms with E-state index in [2.05, 4.69) is 77.9 Å². The van der Waals surface area contributed by atoms with Crippen molar-refractivity contribution < 1.29 is 4.70 Å². The largest absolute Gasteiger partial charge is 0.493 e. The SMILES string of the molecule is CCCCCCCCCCCc1cc(CCCCCCCCCCC)cc(C2=C(CCCC)C(C)=C(c3cc(CCCCC)cc(CCCCC)c3)[N+]2=[N-])c1. The van der Waals surface area contributed by atoms with Crippen LogP contribution in [0.3, 0.4) is 0 Å². The number of rotatable bonds is 33. The highest BCUT2D eigenvalue weighted by atomic mass is 15.2. The summed E-state index contributed by atoms with van der Waals surface area (Å²) in [5.74, 6) is 0. The molecule has 2 heteroatoms. The highest BCUT2D eigenvalue weighted by Crippen LogP contribution is 2.43. The smallest absolute Gasteiger partial charge is 0.211 e. The van der Waals surface area contributed by atoms with E-state index in [0.29, 0.717) is 0 Å². The summed E-state index contributed by atoms with van der Waals surface area (Å²) in [6.45, 7) is 13.8. The Morgan fingerprint density at radius 3 is 1.00 bits per heavy atom. The molecule has 0 unspecified atom stereocenters. The van der Waals surface area contributed by atoms with Crippen LogP contribution >= 0.6 is 0 Å². The van der Waals surface area contributed by atoms with Gasteiger partial charge in [0.05, 0.1) is 0 Å². The summed E-state index contributed by atoms with van der Waals surface area (Å²) < 4.78 is 1.63. The van der Waals surface area contributed by atoms with E-state index >= 15 is 0 Å². The van der Waals surface area contributed by atoms with Crippen LogP contribution in [0, 0.1) is 0 Å². The number of allylic oxidation sites excluding steroid dienone is 2. The normalized spacial score (nSPS) is 13.2. The van der Waals surface area contributed by atoms with E-state index in [1.807, 2.05) is 0 Å². The van der Waals surface area contributed by atoms with E-state index < -0.39 is 0 Å². The molecule has 2 aromatic rings. The van der Waals surface area contributed by atoms with Gasteiger partial charge in [0.2, 0.25) is 11.4 Å². The van der Waals surface area contributed by atoms with Gasteiger partial charge in [-0.05, 0) is 118 Å². The van der Waals surface area contributed by atoms with Crippen molar-refractivity contribution in [2.45, 2.75) is 241 Å². The minimum atomic E-state index is 1.01. The van der Waals surface area contributed by atoms with E-state index in [1.165, 1.54) is 199 Å². The van der Waals surface area contributed by atoms with Crippen LogP contribution in [0.15, 0.2) is 47.5 Å². The molecule has 0 aromatic heterocycles. The molecule has 0 fully saturated rings. The molecule has 308 valence electrons. The number of nitrogens with zero attached hydrogens (tertiary/aromatic N) is 2. The second kappa shape index (κ2) is 28.8. The third-order valence-electron chi connectivity index (χ3n) is 12.2. The van der Waals surface area contributed by atoms with E-state index in [9.17, 15) is 5.53 Å². The summed E-state index contributed by atoms with van der Waals surface area (Å²) in [6.07, 6.45) is 39.8. The second-order valence-corrected chi connectivity index (χ2v) is 17.4. The number of aryl methyl sites for hydroxylation is 4. The topological polar surface area (TPSA) is 25.3 Å². The summed E-state index contributed by atoms with van der Waals surface area (Å²) in [5.41, 5.74) is 25.3. The fourth-order valence-corrected chi connectivity index (χ4v) is 8.83. The third-order valence-corrected chi connectivity index (χ3v) is 12.2. The molecule has 0 N–H and O–H groups in total. The van der Waals surface area contributed by atoms with Crippen LogP contribution in [0.4, 0.5) is 0 Å². The highest BCUT2D eigenvalue weighted by molar-refractivity contribution is 5.82. The van der Waals surface area contributed by atoms with Crippen molar-refractivity contribution in [3.63, 3.8) is 0 Å². The molecule has 2 aromatic carbocycles. The minimum absolute atomic E-state index is 1.01. The Bertz CT molecular complexity index is 1360. The predicted octanol–water partition coefficient (Wildman–Crippen LogP) is 17.7. The summed E-state index contributed by atoms with van der Waals surface area (Å²) in [5, 5.41) is 0. The Balaban J connectivity index is 1.88. The van der Waals surface area contributed by atoms with Crippen molar-refractivity contribution in [1.82, 2.24) is 0 Å². The minimum Gasteiger partial charge on any atom is -0.493 e. The van der Waals surface area contributed by atoms with Gasteiger partial charge in [-0.1, -0.05) is 182 Å². The van der Waals surface area contributed by atoms with E-state index in [-0.39, 0.29) is 0 Å². The Morgan fingerprint density at radius 1 is 0.345 bits per heavy atom. The Hall–Kier alpha value is -2.48. The lowest BCUT2D eigenvalue weighted by Crippen LogP contribution is -2.05. The first-order chi connectivity index (χ1) is 27.0. The van der Waals surface area contributed by atoms with Crippen LogP contribution in [0.1, 0.15) is 248 Å². The average molecular weight is 751 g/mol. The van der Waals surface area contributed by atoms with Gasteiger partial charge in [0, 0.05) is 22.3 Å². The number of hydrogen-bond acceptors (Lipinski definition) is 0. The highest BCUT2D eigenvalue weighted by Gasteiger charge is 2.34. The molecule has 0 bridgehead atoms. The van der Waals surface area contributed by atoms with Crippen molar-refractivity contribution >= 4 is 11.4 Å². The molecule has 2 nitrogen and oxygen atoms in total. The average Bonchev–Trinajstić information content (AvgIpc) is 3.43. The summed E-state index contributed by atoms with van der Waals surface area (Å²) in [7, 11) is 0. The molecule has 0 saturated heterocycles. The molecular formula is C53H86N2. The maximum atomic E-state index is 12.4. The van der Waals surface area contributed by atoms with Crippen LogP contribution in [0.25, 0.3) is 16.9 Å². The third kappa shape index (κ3) is 17.3. The van der Waals surface area contributed by atoms with Crippen molar-refractivity contribution in [2.24, 2.45) is 0 Å². The molecule has 0 radical (unpaired) electrons. The quantitative estimate of drug-likeness (QED) is 0.0513. The maximum Gasteiger partial charge on any atom is 0.211 e. The van der Waals surface area contributed by atoms with Gasteiger partial charge in [-0.3, -0.25) is 0 Å². The van der Waals surface area contributed by atoms with E-state index in [4.69, 9.17) is 0 Å². The molecule has 0 saturated carbocycles. The lowest BCUT2D eigenvalue weighted by Gasteiger charge is -2.15. The molecule has 1 aliphatic heterocycles. The van der Waals surface area contributed by atoms with Gasteiger partial charge in [0.1, 0.15) is 0 Å². The Labute approximate surface area is 342 Å². The Kier molecular flexibility index (Phi) is 24.6. The summed E-state index contributed by atoms with van der Waals surface area (Å²) in [4.78, 5) is 0. The van der Waals surface area contributed by atoms with Gasteiger partial charge in [0.25, 0.3) is 0 Å². The Morgan fingerprint density at radius 2 is 0.636 bits per heavy atom. The van der Waals surface area contributed by atoms with Gasteiger partial charge in [-0.25, -0.2) is 4.70 Å².